The minimum Gasteiger partial charge on any atom is -0.345 e. The van der Waals surface area contributed by atoms with Gasteiger partial charge >= 0.3 is 0 Å². The van der Waals surface area contributed by atoms with Crippen LogP contribution in [0.4, 0.5) is 5.95 Å². The minimum atomic E-state index is 0.0477. The molecule has 2 heterocycles. The van der Waals surface area contributed by atoms with Crippen molar-refractivity contribution in [3.05, 3.63) is 22.6 Å². The Kier molecular flexibility index (Phi) is 1.60. The van der Waals surface area contributed by atoms with Gasteiger partial charge in [0.25, 0.3) is 5.56 Å². The maximum atomic E-state index is 11.3. The molecule has 1 aliphatic rings. The third kappa shape index (κ3) is 0.995. The molecular formula is C8H11N3O. The van der Waals surface area contributed by atoms with Crippen molar-refractivity contribution in [2.75, 3.05) is 18.5 Å². The van der Waals surface area contributed by atoms with E-state index < -0.39 is 0 Å². The molecule has 0 N–H and O–H groups in total. The highest BCUT2D eigenvalue weighted by Crippen LogP contribution is 2.11. The van der Waals surface area contributed by atoms with Crippen LogP contribution in [0.15, 0.2) is 17.1 Å². The van der Waals surface area contributed by atoms with Gasteiger partial charge < -0.3 is 4.90 Å². The third-order valence-corrected chi connectivity index (χ3v) is 2.13. The highest BCUT2D eigenvalue weighted by molar-refractivity contribution is 5.30. The Morgan fingerprint density at radius 2 is 2.33 bits per heavy atom. The molecule has 0 saturated carbocycles. The van der Waals surface area contributed by atoms with Gasteiger partial charge in [-0.2, -0.15) is 0 Å². The molecule has 64 valence electrons. The van der Waals surface area contributed by atoms with Crippen LogP contribution in [0, 0.1) is 0 Å². The van der Waals surface area contributed by atoms with Crippen LogP contribution < -0.4 is 10.5 Å². The molecule has 0 saturated heterocycles. The molecule has 1 aromatic heterocycles. The molecule has 1 aliphatic heterocycles. The lowest BCUT2D eigenvalue weighted by atomic mass is 10.3. The SMILES string of the molecule is CN1CCCn2c1nccc2=O. The molecule has 0 unspecified atom stereocenters. The Balaban J connectivity index is 2.59. The van der Waals surface area contributed by atoms with E-state index in [1.165, 1.54) is 6.07 Å². The Bertz CT molecular complexity index is 344. The molecule has 0 radical (unpaired) electrons. The summed E-state index contributed by atoms with van der Waals surface area (Å²) in [5.74, 6) is 0.786. The molecule has 0 aromatic carbocycles. The van der Waals surface area contributed by atoms with E-state index >= 15 is 0 Å². The Labute approximate surface area is 70.5 Å². The van der Waals surface area contributed by atoms with Crippen LogP contribution in [0.5, 0.6) is 0 Å². The zero-order valence-electron chi connectivity index (χ0n) is 7.03. The molecule has 0 atom stereocenters. The molecule has 0 bridgehead atoms. The lowest BCUT2D eigenvalue weighted by Crippen LogP contribution is -2.35. The number of fused-ring (bicyclic) bond motifs is 1. The Hall–Kier alpha value is -1.32. The number of hydrogen-bond donors (Lipinski definition) is 0. The van der Waals surface area contributed by atoms with Gasteiger partial charge in [-0.15, -0.1) is 0 Å². The number of nitrogens with zero attached hydrogens (tertiary/aromatic N) is 3. The fourth-order valence-corrected chi connectivity index (χ4v) is 1.51. The van der Waals surface area contributed by atoms with E-state index in [1.54, 1.807) is 10.8 Å². The lowest BCUT2D eigenvalue weighted by molar-refractivity contribution is 0.552. The zero-order chi connectivity index (χ0) is 8.55. The van der Waals surface area contributed by atoms with E-state index in [9.17, 15) is 4.79 Å². The van der Waals surface area contributed by atoms with E-state index in [-0.39, 0.29) is 5.56 Å². The van der Waals surface area contributed by atoms with Crippen molar-refractivity contribution in [3.8, 4) is 0 Å². The summed E-state index contributed by atoms with van der Waals surface area (Å²) in [4.78, 5) is 17.5. The summed E-state index contributed by atoms with van der Waals surface area (Å²) in [7, 11) is 1.96. The average Bonchev–Trinajstić information content (AvgIpc) is 2.07. The highest BCUT2D eigenvalue weighted by Gasteiger charge is 2.14. The van der Waals surface area contributed by atoms with Crippen molar-refractivity contribution in [1.82, 2.24) is 9.55 Å². The average molecular weight is 165 g/mol. The molecule has 4 heteroatoms. The van der Waals surface area contributed by atoms with E-state index in [0.717, 1.165) is 25.5 Å². The topological polar surface area (TPSA) is 38.1 Å². The summed E-state index contributed by atoms with van der Waals surface area (Å²) in [6.07, 6.45) is 2.59. The van der Waals surface area contributed by atoms with Gasteiger partial charge in [-0.25, -0.2) is 4.98 Å². The van der Waals surface area contributed by atoms with Crippen LogP contribution in [-0.4, -0.2) is 23.1 Å². The van der Waals surface area contributed by atoms with Crippen LogP contribution in [-0.2, 0) is 6.54 Å². The number of hydrogen-bond acceptors (Lipinski definition) is 3. The highest BCUT2D eigenvalue weighted by atomic mass is 16.1. The van der Waals surface area contributed by atoms with E-state index in [4.69, 9.17) is 0 Å². The maximum Gasteiger partial charge on any atom is 0.254 e. The molecule has 4 nitrogen and oxygen atoms in total. The van der Waals surface area contributed by atoms with Crippen molar-refractivity contribution in [1.29, 1.82) is 0 Å². The van der Waals surface area contributed by atoms with Gasteiger partial charge in [-0.3, -0.25) is 9.36 Å². The standard InChI is InChI=1S/C8H11N3O/c1-10-5-2-6-11-7(12)3-4-9-8(10)11/h3-4H,2,5-6H2,1H3. The predicted molar refractivity (Wildman–Crippen MR) is 46.4 cm³/mol. The maximum absolute atomic E-state index is 11.3. The Morgan fingerprint density at radius 3 is 3.08 bits per heavy atom. The monoisotopic (exact) mass is 165 g/mol. The second-order valence-corrected chi connectivity index (χ2v) is 3.01. The van der Waals surface area contributed by atoms with E-state index in [0.29, 0.717) is 0 Å². The first-order chi connectivity index (χ1) is 5.79. The molecule has 0 aliphatic carbocycles. The van der Waals surface area contributed by atoms with Crippen molar-refractivity contribution in [2.45, 2.75) is 13.0 Å². The van der Waals surface area contributed by atoms with Gasteiger partial charge in [0, 0.05) is 32.4 Å². The summed E-state index contributed by atoms with van der Waals surface area (Å²) < 4.78 is 1.71. The Morgan fingerprint density at radius 1 is 1.50 bits per heavy atom. The summed E-state index contributed by atoms with van der Waals surface area (Å²) in [6, 6.07) is 1.50. The first kappa shape index (κ1) is 7.34. The van der Waals surface area contributed by atoms with Gasteiger partial charge in [0.15, 0.2) is 0 Å². The predicted octanol–water partition coefficient (Wildman–Crippen LogP) is 0.0832. The van der Waals surface area contributed by atoms with Gasteiger partial charge in [-0.05, 0) is 6.42 Å². The van der Waals surface area contributed by atoms with E-state index in [2.05, 4.69) is 4.98 Å². The van der Waals surface area contributed by atoms with Gasteiger partial charge in [-0.1, -0.05) is 0 Å². The second kappa shape index (κ2) is 2.62. The number of anilines is 1. The van der Waals surface area contributed by atoms with Crippen molar-refractivity contribution in [2.24, 2.45) is 0 Å². The largest absolute Gasteiger partial charge is 0.345 e. The normalized spacial score (nSPS) is 15.9. The van der Waals surface area contributed by atoms with Crippen LogP contribution >= 0.6 is 0 Å². The molecule has 2 rings (SSSR count). The third-order valence-electron chi connectivity index (χ3n) is 2.13. The van der Waals surface area contributed by atoms with Gasteiger partial charge in [0.2, 0.25) is 5.95 Å². The van der Waals surface area contributed by atoms with Crippen LogP contribution in [0.25, 0.3) is 0 Å². The van der Waals surface area contributed by atoms with Crippen LogP contribution in [0.3, 0.4) is 0 Å². The summed E-state index contributed by atoms with van der Waals surface area (Å²) in [5, 5.41) is 0. The fraction of sp³-hybridized carbons (Fsp3) is 0.500. The lowest BCUT2D eigenvalue weighted by Gasteiger charge is -2.26. The van der Waals surface area contributed by atoms with Gasteiger partial charge in [0.1, 0.15) is 0 Å². The number of aromatic nitrogens is 2. The molecule has 0 spiro atoms. The van der Waals surface area contributed by atoms with Crippen molar-refractivity contribution >= 4 is 5.95 Å². The molecule has 1 aromatic rings. The smallest absolute Gasteiger partial charge is 0.254 e. The number of rotatable bonds is 0. The summed E-state index contributed by atoms with van der Waals surface area (Å²) in [5.41, 5.74) is 0.0477. The van der Waals surface area contributed by atoms with Crippen LogP contribution in [0.2, 0.25) is 0 Å². The zero-order valence-corrected chi connectivity index (χ0v) is 7.03. The fourth-order valence-electron chi connectivity index (χ4n) is 1.51. The van der Waals surface area contributed by atoms with Crippen molar-refractivity contribution < 1.29 is 0 Å². The quantitative estimate of drug-likeness (QED) is 0.546. The summed E-state index contributed by atoms with van der Waals surface area (Å²) in [6.45, 7) is 1.78. The molecule has 12 heavy (non-hydrogen) atoms. The van der Waals surface area contributed by atoms with Crippen molar-refractivity contribution in [3.63, 3.8) is 0 Å². The first-order valence-corrected chi connectivity index (χ1v) is 4.06. The first-order valence-electron chi connectivity index (χ1n) is 4.06. The molecule has 0 fully saturated rings. The van der Waals surface area contributed by atoms with Crippen LogP contribution in [0.1, 0.15) is 6.42 Å². The van der Waals surface area contributed by atoms with E-state index in [1.807, 2.05) is 11.9 Å². The molecular weight excluding hydrogens is 154 g/mol. The molecule has 0 amide bonds. The second-order valence-electron chi connectivity index (χ2n) is 3.01. The van der Waals surface area contributed by atoms with Gasteiger partial charge in [0.05, 0.1) is 0 Å². The summed E-state index contributed by atoms with van der Waals surface area (Å²) >= 11 is 0. The minimum absolute atomic E-state index is 0.0477.